The molecule has 0 amide bonds. The van der Waals surface area contributed by atoms with Crippen LogP contribution >= 0.6 is 0 Å². The van der Waals surface area contributed by atoms with Gasteiger partial charge in [0.2, 0.25) is 0 Å². The topological polar surface area (TPSA) is 69.4 Å². The molecule has 0 saturated heterocycles. The van der Waals surface area contributed by atoms with Gasteiger partial charge >= 0.3 is 5.97 Å². The minimum Gasteiger partial charge on any atom is -0.426 e. The van der Waals surface area contributed by atoms with Crippen LogP contribution in [-0.4, -0.2) is 10.9 Å². The average molecular weight is 281 g/mol. The molecule has 104 valence electrons. The normalized spacial score (nSPS) is 13.7. The molecule has 5 nitrogen and oxygen atoms in total. The number of carbonyl (C=O) groups is 1. The predicted molar refractivity (Wildman–Crippen MR) is 77.2 cm³/mol. The second-order valence-corrected chi connectivity index (χ2v) is 4.60. The Labute approximate surface area is 120 Å². The number of hydrogen-bond acceptors (Lipinski definition) is 4. The highest BCUT2D eigenvalue weighted by molar-refractivity contribution is 5.86. The Kier molecular flexibility index (Phi) is 3.23. The van der Waals surface area contributed by atoms with Crippen LogP contribution in [0.2, 0.25) is 0 Å². The largest absolute Gasteiger partial charge is 0.426 e. The minimum absolute atomic E-state index is 0.0664. The summed E-state index contributed by atoms with van der Waals surface area (Å²) in [5.41, 5.74) is 2.15. The lowest BCUT2D eigenvalue weighted by molar-refractivity contribution is -0.384. The zero-order chi connectivity index (χ0) is 14.8. The van der Waals surface area contributed by atoms with Crippen LogP contribution in [0.15, 0.2) is 54.6 Å². The Morgan fingerprint density at radius 3 is 2.29 bits per heavy atom. The van der Waals surface area contributed by atoms with E-state index in [9.17, 15) is 14.9 Å². The maximum absolute atomic E-state index is 11.1. The van der Waals surface area contributed by atoms with Crippen molar-refractivity contribution < 1.29 is 14.5 Å². The molecule has 5 heteroatoms. The lowest BCUT2D eigenvalue weighted by atomic mass is 10.0. The van der Waals surface area contributed by atoms with Gasteiger partial charge in [-0.2, -0.15) is 0 Å². The molecule has 0 aliphatic carbocycles. The smallest absolute Gasteiger partial charge is 0.315 e. The molecular formula is C16H11NO4. The Hall–Kier alpha value is -2.95. The zero-order valence-electron chi connectivity index (χ0n) is 11.0. The van der Waals surface area contributed by atoms with Gasteiger partial charge in [-0.15, -0.1) is 0 Å². The number of ether oxygens (including phenoxy) is 1. The van der Waals surface area contributed by atoms with Gasteiger partial charge in [-0.3, -0.25) is 14.9 Å². The van der Waals surface area contributed by atoms with Gasteiger partial charge in [-0.25, -0.2) is 0 Å². The maximum atomic E-state index is 11.1. The lowest BCUT2D eigenvalue weighted by Gasteiger charge is -2.06. The molecule has 0 fully saturated rings. The first kappa shape index (κ1) is 13.1. The molecule has 0 aromatic heterocycles. The van der Waals surface area contributed by atoms with Gasteiger partial charge in [0.05, 0.1) is 16.9 Å². The molecule has 2 aromatic carbocycles. The van der Waals surface area contributed by atoms with Crippen LogP contribution in [0.3, 0.4) is 0 Å². The fraction of sp³-hybridized carbons (Fsp3) is 0.0625. The fourth-order valence-electron chi connectivity index (χ4n) is 2.25. The summed E-state index contributed by atoms with van der Waals surface area (Å²) < 4.78 is 5.07. The van der Waals surface area contributed by atoms with Crippen LogP contribution < -0.4 is 0 Å². The minimum atomic E-state index is -0.398. The molecule has 1 heterocycles. The van der Waals surface area contributed by atoms with E-state index >= 15 is 0 Å². The fourth-order valence-corrected chi connectivity index (χ4v) is 2.25. The third kappa shape index (κ3) is 2.53. The van der Waals surface area contributed by atoms with Crippen LogP contribution in [0.5, 0.6) is 0 Å². The number of nitro groups is 1. The zero-order valence-corrected chi connectivity index (χ0v) is 11.0. The molecule has 0 saturated carbocycles. The van der Waals surface area contributed by atoms with Gasteiger partial charge in [0.25, 0.3) is 5.69 Å². The van der Waals surface area contributed by atoms with Crippen LogP contribution in [0, 0.1) is 10.1 Å². The molecule has 0 atom stereocenters. The van der Waals surface area contributed by atoms with Gasteiger partial charge < -0.3 is 4.74 Å². The number of benzene rings is 2. The molecule has 21 heavy (non-hydrogen) atoms. The van der Waals surface area contributed by atoms with Gasteiger partial charge in [-0.05, 0) is 17.7 Å². The van der Waals surface area contributed by atoms with Crippen molar-refractivity contribution in [2.45, 2.75) is 6.42 Å². The van der Waals surface area contributed by atoms with E-state index in [0.717, 1.165) is 11.1 Å². The van der Waals surface area contributed by atoms with E-state index in [-0.39, 0.29) is 18.1 Å². The van der Waals surface area contributed by atoms with Gasteiger partial charge in [-0.1, -0.05) is 36.4 Å². The Morgan fingerprint density at radius 1 is 1.00 bits per heavy atom. The third-order valence-electron chi connectivity index (χ3n) is 3.26. The highest BCUT2D eigenvalue weighted by Gasteiger charge is 2.17. The van der Waals surface area contributed by atoms with Crippen LogP contribution in [0.1, 0.15) is 12.0 Å². The van der Waals surface area contributed by atoms with Gasteiger partial charge in [0.15, 0.2) is 0 Å². The number of cyclic esters (lactones) is 1. The quantitative estimate of drug-likeness (QED) is 0.490. The molecule has 0 spiro atoms. The summed E-state index contributed by atoms with van der Waals surface area (Å²) in [6.45, 7) is 0. The number of nitro benzene ring substituents is 1. The molecular weight excluding hydrogens is 270 g/mol. The number of esters is 1. The molecule has 1 aliphatic heterocycles. The summed E-state index contributed by atoms with van der Waals surface area (Å²) in [5, 5.41) is 11.0. The van der Waals surface area contributed by atoms with Crippen LogP contribution in [0.4, 0.5) is 5.69 Å². The van der Waals surface area contributed by atoms with Crippen molar-refractivity contribution >= 4 is 17.4 Å². The van der Waals surface area contributed by atoms with E-state index < -0.39 is 4.92 Å². The van der Waals surface area contributed by atoms with Crippen molar-refractivity contribution in [2.75, 3.05) is 0 Å². The summed E-state index contributed by atoms with van der Waals surface area (Å²) in [6.07, 6.45) is 2.00. The molecule has 1 aliphatic rings. The van der Waals surface area contributed by atoms with Crippen molar-refractivity contribution in [3.63, 3.8) is 0 Å². The number of carbonyl (C=O) groups excluding carboxylic acids is 1. The third-order valence-corrected chi connectivity index (χ3v) is 3.26. The molecule has 0 N–H and O–H groups in total. The van der Waals surface area contributed by atoms with Crippen molar-refractivity contribution in [3.05, 3.63) is 70.3 Å². The van der Waals surface area contributed by atoms with Gasteiger partial charge in [0.1, 0.15) is 5.76 Å². The van der Waals surface area contributed by atoms with E-state index in [2.05, 4.69) is 0 Å². The number of rotatable bonds is 3. The molecule has 3 rings (SSSR count). The first-order valence-electron chi connectivity index (χ1n) is 6.40. The van der Waals surface area contributed by atoms with Crippen LogP contribution in [0.25, 0.3) is 16.9 Å². The van der Waals surface area contributed by atoms with Crippen molar-refractivity contribution in [3.8, 4) is 11.1 Å². The second kappa shape index (κ2) is 5.20. The van der Waals surface area contributed by atoms with E-state index in [1.165, 1.54) is 6.07 Å². The highest BCUT2D eigenvalue weighted by atomic mass is 16.6. The van der Waals surface area contributed by atoms with E-state index in [1.807, 2.05) is 0 Å². The summed E-state index contributed by atoms with van der Waals surface area (Å²) in [4.78, 5) is 21.7. The van der Waals surface area contributed by atoms with E-state index in [1.54, 1.807) is 48.5 Å². The first-order chi connectivity index (χ1) is 10.1. The van der Waals surface area contributed by atoms with Gasteiger partial charge in [0, 0.05) is 11.6 Å². The summed E-state index contributed by atoms with van der Waals surface area (Å²) in [6, 6.07) is 13.7. The average Bonchev–Trinajstić information content (AvgIpc) is 2.94. The molecule has 0 radical (unpaired) electrons. The lowest BCUT2D eigenvalue weighted by Crippen LogP contribution is -1.94. The number of hydrogen-bond donors (Lipinski definition) is 0. The van der Waals surface area contributed by atoms with Crippen LogP contribution in [-0.2, 0) is 9.53 Å². The van der Waals surface area contributed by atoms with Crippen molar-refractivity contribution in [2.24, 2.45) is 0 Å². The second-order valence-electron chi connectivity index (χ2n) is 4.60. The monoisotopic (exact) mass is 281 g/mol. The predicted octanol–water partition coefficient (Wildman–Crippen LogP) is 3.55. The first-order valence-corrected chi connectivity index (χ1v) is 6.40. The summed E-state index contributed by atoms with van der Waals surface area (Å²) in [5.74, 6) is 0.266. The standard InChI is InChI=1S/C16H11NO4/c18-16-10-9-15(21-16)12-7-5-11(6-8-12)13-3-1-2-4-14(13)17(19)20/h1-9H,10H2. The number of nitrogens with zero attached hydrogens (tertiary/aromatic N) is 1. The highest BCUT2D eigenvalue weighted by Crippen LogP contribution is 2.31. The summed E-state index contributed by atoms with van der Waals surface area (Å²) in [7, 11) is 0. The number of para-hydroxylation sites is 1. The van der Waals surface area contributed by atoms with Crippen molar-refractivity contribution in [1.82, 2.24) is 0 Å². The van der Waals surface area contributed by atoms with E-state index in [0.29, 0.717) is 11.3 Å². The maximum Gasteiger partial charge on any atom is 0.315 e. The summed E-state index contributed by atoms with van der Waals surface area (Å²) >= 11 is 0. The molecule has 0 unspecified atom stereocenters. The Bertz CT molecular complexity index is 747. The van der Waals surface area contributed by atoms with E-state index in [4.69, 9.17) is 4.74 Å². The SMILES string of the molecule is O=C1CC=C(c2ccc(-c3ccccc3[N+](=O)[O-])cc2)O1. The Balaban J connectivity index is 1.95. The molecule has 0 bridgehead atoms. The molecule has 2 aromatic rings. The van der Waals surface area contributed by atoms with Crippen molar-refractivity contribution in [1.29, 1.82) is 0 Å². The Morgan fingerprint density at radius 2 is 1.67 bits per heavy atom.